The van der Waals surface area contributed by atoms with Crippen molar-refractivity contribution in [2.45, 2.75) is 32.9 Å². The fourth-order valence-electron chi connectivity index (χ4n) is 1.41. The van der Waals surface area contributed by atoms with Crippen molar-refractivity contribution in [3.05, 3.63) is 35.4 Å². The van der Waals surface area contributed by atoms with E-state index in [0.29, 0.717) is 18.7 Å². The van der Waals surface area contributed by atoms with Gasteiger partial charge in [0.1, 0.15) is 0 Å². The lowest BCUT2D eigenvalue weighted by Gasteiger charge is -2.18. The maximum absolute atomic E-state index is 11.8. The maximum atomic E-state index is 11.8. The lowest BCUT2D eigenvalue weighted by Crippen LogP contribution is -2.45. The Labute approximate surface area is 113 Å². The lowest BCUT2D eigenvalue weighted by atomic mass is 10.1. The summed E-state index contributed by atoms with van der Waals surface area (Å²) >= 11 is 0. The highest BCUT2D eigenvalue weighted by Crippen LogP contribution is 2.05. The largest absolute Gasteiger partial charge is 0.352 e. The number of rotatable bonds is 5. The van der Waals surface area contributed by atoms with Gasteiger partial charge >= 0.3 is 0 Å². The van der Waals surface area contributed by atoms with Crippen LogP contribution in [0.15, 0.2) is 24.3 Å². The Morgan fingerprint density at radius 2 is 1.74 bits per heavy atom. The van der Waals surface area contributed by atoms with Crippen LogP contribution in [0.1, 0.15) is 36.7 Å². The van der Waals surface area contributed by atoms with Crippen LogP contribution >= 0.6 is 0 Å². The van der Waals surface area contributed by atoms with E-state index in [2.05, 4.69) is 10.6 Å². The molecule has 0 unspecified atom stereocenters. The Morgan fingerprint density at radius 3 is 2.21 bits per heavy atom. The Morgan fingerprint density at radius 1 is 1.16 bits per heavy atom. The minimum atomic E-state index is -0.430. The van der Waals surface area contributed by atoms with Crippen molar-refractivity contribution >= 4 is 11.8 Å². The summed E-state index contributed by atoms with van der Waals surface area (Å²) in [5.74, 6) is -0.225. The maximum Gasteiger partial charge on any atom is 0.251 e. The molecule has 0 heterocycles. The van der Waals surface area contributed by atoms with Crippen LogP contribution in [-0.2, 0) is 11.3 Å². The molecule has 1 aromatic carbocycles. The van der Waals surface area contributed by atoms with Gasteiger partial charge in [-0.05, 0) is 31.5 Å². The van der Waals surface area contributed by atoms with E-state index in [1.165, 1.54) is 6.92 Å². The molecule has 104 valence electrons. The molecule has 0 aliphatic heterocycles. The summed E-state index contributed by atoms with van der Waals surface area (Å²) < 4.78 is 0. The molecule has 1 aromatic rings. The highest BCUT2D eigenvalue weighted by Gasteiger charge is 2.13. The standard InChI is InChI=1S/C14H21N3O2/c1-10(18)16-8-11-4-6-12(7-5-11)13(19)17-9-14(2,3)15/h4-7H,8-9,15H2,1-3H3,(H,16,18)(H,17,19). The predicted octanol–water partition coefficient (Wildman–Crippen LogP) is 0.790. The monoisotopic (exact) mass is 263 g/mol. The first-order valence-corrected chi connectivity index (χ1v) is 6.18. The minimum absolute atomic E-state index is 0.0769. The third kappa shape index (κ3) is 6.01. The van der Waals surface area contributed by atoms with E-state index in [1.807, 2.05) is 26.0 Å². The van der Waals surface area contributed by atoms with Gasteiger partial charge in [0.25, 0.3) is 5.91 Å². The van der Waals surface area contributed by atoms with E-state index < -0.39 is 5.54 Å². The molecule has 0 fully saturated rings. The van der Waals surface area contributed by atoms with Gasteiger partial charge in [-0.1, -0.05) is 12.1 Å². The molecule has 0 aromatic heterocycles. The van der Waals surface area contributed by atoms with E-state index >= 15 is 0 Å². The summed E-state index contributed by atoms with van der Waals surface area (Å²) in [6.07, 6.45) is 0. The van der Waals surface area contributed by atoms with Gasteiger partial charge in [0.15, 0.2) is 0 Å². The Kier molecular flexibility index (Phi) is 5.06. The van der Waals surface area contributed by atoms with Gasteiger partial charge in [0, 0.05) is 31.1 Å². The molecule has 1 rings (SSSR count). The van der Waals surface area contributed by atoms with Crippen LogP contribution < -0.4 is 16.4 Å². The molecule has 0 saturated heterocycles. The Hall–Kier alpha value is -1.88. The van der Waals surface area contributed by atoms with E-state index in [-0.39, 0.29) is 11.8 Å². The first-order valence-electron chi connectivity index (χ1n) is 6.18. The number of hydrogen-bond donors (Lipinski definition) is 3. The number of nitrogens with one attached hydrogen (secondary N) is 2. The van der Waals surface area contributed by atoms with Crippen molar-refractivity contribution in [1.82, 2.24) is 10.6 Å². The van der Waals surface area contributed by atoms with E-state index in [9.17, 15) is 9.59 Å². The fraction of sp³-hybridized carbons (Fsp3) is 0.429. The molecule has 0 aliphatic carbocycles. The second-order valence-corrected chi connectivity index (χ2v) is 5.28. The number of carbonyl (C=O) groups excluding carboxylic acids is 2. The predicted molar refractivity (Wildman–Crippen MR) is 74.6 cm³/mol. The summed E-state index contributed by atoms with van der Waals surface area (Å²) in [7, 11) is 0. The van der Waals surface area contributed by atoms with Gasteiger partial charge in [-0.15, -0.1) is 0 Å². The molecule has 0 atom stereocenters. The molecule has 2 amide bonds. The zero-order valence-corrected chi connectivity index (χ0v) is 11.6. The fourth-order valence-corrected chi connectivity index (χ4v) is 1.41. The third-order valence-corrected chi connectivity index (χ3v) is 2.46. The third-order valence-electron chi connectivity index (χ3n) is 2.46. The second kappa shape index (κ2) is 6.33. The Bertz CT molecular complexity index is 447. The van der Waals surface area contributed by atoms with Crippen molar-refractivity contribution in [2.24, 2.45) is 5.73 Å². The van der Waals surface area contributed by atoms with E-state index in [0.717, 1.165) is 5.56 Å². The van der Waals surface area contributed by atoms with Crippen LogP contribution in [0.25, 0.3) is 0 Å². The van der Waals surface area contributed by atoms with Crippen molar-refractivity contribution in [1.29, 1.82) is 0 Å². The molecule has 0 radical (unpaired) electrons. The van der Waals surface area contributed by atoms with Crippen LogP contribution in [0, 0.1) is 0 Å². The van der Waals surface area contributed by atoms with Crippen LogP contribution in [0.4, 0.5) is 0 Å². The van der Waals surface area contributed by atoms with E-state index in [4.69, 9.17) is 5.73 Å². The normalized spacial score (nSPS) is 10.9. The van der Waals surface area contributed by atoms with Gasteiger partial charge in [0.2, 0.25) is 5.91 Å². The topological polar surface area (TPSA) is 84.2 Å². The van der Waals surface area contributed by atoms with Crippen LogP contribution in [0.3, 0.4) is 0 Å². The van der Waals surface area contributed by atoms with Crippen LogP contribution in [0.2, 0.25) is 0 Å². The number of nitrogens with two attached hydrogens (primary N) is 1. The van der Waals surface area contributed by atoms with Gasteiger partial charge < -0.3 is 16.4 Å². The summed E-state index contributed by atoms with van der Waals surface area (Å²) in [5.41, 5.74) is 6.90. The van der Waals surface area contributed by atoms with Crippen molar-refractivity contribution in [3.8, 4) is 0 Å². The molecule has 5 heteroatoms. The second-order valence-electron chi connectivity index (χ2n) is 5.28. The zero-order valence-electron chi connectivity index (χ0n) is 11.6. The summed E-state index contributed by atoms with van der Waals surface area (Å²) in [6.45, 7) is 6.05. The highest BCUT2D eigenvalue weighted by atomic mass is 16.2. The molecule has 0 spiro atoms. The quantitative estimate of drug-likeness (QED) is 0.734. The average molecular weight is 263 g/mol. The number of carbonyl (C=O) groups is 2. The number of hydrogen-bond acceptors (Lipinski definition) is 3. The molecular weight excluding hydrogens is 242 g/mol. The lowest BCUT2D eigenvalue weighted by molar-refractivity contribution is -0.119. The molecule has 0 saturated carbocycles. The molecule has 0 aliphatic rings. The van der Waals surface area contributed by atoms with Crippen LogP contribution in [0.5, 0.6) is 0 Å². The molecular formula is C14H21N3O2. The van der Waals surface area contributed by atoms with Gasteiger partial charge in [0.05, 0.1) is 0 Å². The summed E-state index contributed by atoms with van der Waals surface area (Å²) in [5, 5.41) is 5.47. The van der Waals surface area contributed by atoms with Crippen LogP contribution in [-0.4, -0.2) is 23.9 Å². The Balaban J connectivity index is 2.55. The zero-order chi connectivity index (χ0) is 14.5. The average Bonchev–Trinajstić information content (AvgIpc) is 2.33. The summed E-state index contributed by atoms with van der Waals surface area (Å²) in [6, 6.07) is 7.10. The smallest absolute Gasteiger partial charge is 0.251 e. The van der Waals surface area contributed by atoms with Gasteiger partial charge in [-0.3, -0.25) is 9.59 Å². The van der Waals surface area contributed by atoms with Gasteiger partial charge in [-0.25, -0.2) is 0 Å². The highest BCUT2D eigenvalue weighted by molar-refractivity contribution is 5.94. The summed E-state index contributed by atoms with van der Waals surface area (Å²) in [4.78, 5) is 22.6. The van der Waals surface area contributed by atoms with E-state index in [1.54, 1.807) is 12.1 Å². The van der Waals surface area contributed by atoms with Gasteiger partial charge in [-0.2, -0.15) is 0 Å². The first-order chi connectivity index (χ1) is 8.78. The van der Waals surface area contributed by atoms with Crippen molar-refractivity contribution < 1.29 is 9.59 Å². The number of benzene rings is 1. The SMILES string of the molecule is CC(=O)NCc1ccc(C(=O)NCC(C)(C)N)cc1. The molecule has 0 bridgehead atoms. The van der Waals surface area contributed by atoms with Crippen molar-refractivity contribution in [3.63, 3.8) is 0 Å². The molecule has 19 heavy (non-hydrogen) atoms. The first kappa shape index (κ1) is 15.2. The molecule has 5 nitrogen and oxygen atoms in total. The minimum Gasteiger partial charge on any atom is -0.352 e. The molecule has 4 N–H and O–H groups in total. The van der Waals surface area contributed by atoms with Crippen molar-refractivity contribution in [2.75, 3.05) is 6.54 Å². The number of amides is 2.